The third-order valence-electron chi connectivity index (χ3n) is 2.89. The van der Waals surface area contributed by atoms with Gasteiger partial charge < -0.3 is 9.47 Å². The van der Waals surface area contributed by atoms with E-state index in [4.69, 9.17) is 9.47 Å². The van der Waals surface area contributed by atoms with Crippen molar-refractivity contribution in [1.29, 1.82) is 5.26 Å². The number of benzene rings is 1. The summed E-state index contributed by atoms with van der Waals surface area (Å²) in [7, 11) is 3.11. The predicted octanol–water partition coefficient (Wildman–Crippen LogP) is 3.26. The molecule has 2 aromatic rings. The Hall–Kier alpha value is -2.32. The molecule has 1 atom stereocenters. The van der Waals surface area contributed by atoms with E-state index < -0.39 is 5.92 Å². The molecule has 0 bridgehead atoms. The molecule has 0 radical (unpaired) electrons. The summed E-state index contributed by atoms with van der Waals surface area (Å²) in [5.74, 6) is 0.288. The average Bonchev–Trinajstić information content (AvgIpc) is 2.97. The molecule has 0 aliphatic carbocycles. The van der Waals surface area contributed by atoms with Crippen molar-refractivity contribution in [2.75, 3.05) is 14.2 Å². The monoisotopic (exact) mass is 287 g/mol. The summed E-state index contributed by atoms with van der Waals surface area (Å²) >= 11 is 1.28. The molecule has 0 N–H and O–H groups in total. The van der Waals surface area contributed by atoms with Crippen LogP contribution in [-0.4, -0.2) is 20.0 Å². The Morgan fingerprint density at radius 3 is 2.35 bits per heavy atom. The SMILES string of the molecule is COc1ccc(C(C#N)C(=O)c2cc(OC)cs2)cc1. The predicted molar refractivity (Wildman–Crippen MR) is 76.5 cm³/mol. The molecule has 1 unspecified atom stereocenters. The van der Waals surface area contributed by atoms with Crippen LogP contribution in [0.3, 0.4) is 0 Å². The van der Waals surface area contributed by atoms with E-state index in [2.05, 4.69) is 6.07 Å². The normalized spacial score (nSPS) is 11.4. The van der Waals surface area contributed by atoms with E-state index in [1.807, 2.05) is 0 Å². The van der Waals surface area contributed by atoms with Crippen molar-refractivity contribution < 1.29 is 14.3 Å². The Balaban J connectivity index is 2.27. The maximum absolute atomic E-state index is 12.4. The summed E-state index contributed by atoms with van der Waals surface area (Å²) < 4.78 is 10.1. The first kappa shape index (κ1) is 14.1. The van der Waals surface area contributed by atoms with E-state index in [-0.39, 0.29) is 5.78 Å². The largest absolute Gasteiger partial charge is 0.497 e. The van der Waals surface area contributed by atoms with Gasteiger partial charge in [0.25, 0.3) is 0 Å². The second-order valence-corrected chi connectivity index (χ2v) is 4.96. The van der Waals surface area contributed by atoms with Gasteiger partial charge in [-0.15, -0.1) is 11.3 Å². The minimum Gasteiger partial charge on any atom is -0.497 e. The molecule has 0 saturated carbocycles. The molecule has 5 heteroatoms. The van der Waals surface area contributed by atoms with Crippen LogP contribution in [-0.2, 0) is 0 Å². The number of Topliss-reactive ketones (excluding diaryl/α,β-unsaturated/α-hetero) is 1. The van der Waals surface area contributed by atoms with Gasteiger partial charge in [-0.25, -0.2) is 0 Å². The second-order valence-electron chi connectivity index (χ2n) is 4.05. The van der Waals surface area contributed by atoms with Crippen LogP contribution in [0.2, 0.25) is 0 Å². The number of thiophene rings is 1. The molecule has 1 heterocycles. The molecule has 2 rings (SSSR count). The van der Waals surface area contributed by atoms with E-state index in [1.165, 1.54) is 11.3 Å². The van der Waals surface area contributed by atoms with Gasteiger partial charge in [-0.05, 0) is 17.7 Å². The number of hydrogen-bond donors (Lipinski definition) is 0. The molecule has 20 heavy (non-hydrogen) atoms. The van der Waals surface area contributed by atoms with Crippen LogP contribution in [0.15, 0.2) is 35.7 Å². The molecule has 0 saturated heterocycles. The summed E-state index contributed by atoms with van der Waals surface area (Å²) in [5, 5.41) is 11.0. The maximum atomic E-state index is 12.4. The summed E-state index contributed by atoms with van der Waals surface area (Å²) in [6.45, 7) is 0. The molecule has 0 spiro atoms. The highest BCUT2D eigenvalue weighted by molar-refractivity contribution is 7.12. The summed E-state index contributed by atoms with van der Waals surface area (Å²) in [6.07, 6.45) is 0. The maximum Gasteiger partial charge on any atom is 0.194 e. The Bertz CT molecular complexity index is 640. The van der Waals surface area contributed by atoms with Crippen LogP contribution in [0.25, 0.3) is 0 Å². The van der Waals surface area contributed by atoms with E-state index in [1.54, 1.807) is 49.9 Å². The van der Waals surface area contributed by atoms with Gasteiger partial charge in [0.05, 0.1) is 25.2 Å². The number of hydrogen-bond acceptors (Lipinski definition) is 5. The Labute approximate surface area is 121 Å². The molecule has 0 fully saturated rings. The Morgan fingerprint density at radius 1 is 1.20 bits per heavy atom. The van der Waals surface area contributed by atoms with Gasteiger partial charge in [0.15, 0.2) is 5.78 Å². The topological polar surface area (TPSA) is 59.3 Å². The summed E-state index contributed by atoms with van der Waals surface area (Å²) in [6, 6.07) is 10.6. The zero-order chi connectivity index (χ0) is 14.5. The number of nitrogens with zero attached hydrogens (tertiary/aromatic N) is 1. The van der Waals surface area contributed by atoms with Crippen molar-refractivity contribution in [3.63, 3.8) is 0 Å². The highest BCUT2D eigenvalue weighted by Gasteiger charge is 2.23. The smallest absolute Gasteiger partial charge is 0.194 e. The van der Waals surface area contributed by atoms with Crippen LogP contribution < -0.4 is 9.47 Å². The quantitative estimate of drug-likeness (QED) is 0.792. The first-order chi connectivity index (χ1) is 9.69. The van der Waals surface area contributed by atoms with E-state index in [0.717, 1.165) is 0 Å². The lowest BCUT2D eigenvalue weighted by Gasteiger charge is -2.08. The van der Waals surface area contributed by atoms with Gasteiger partial charge in [0.1, 0.15) is 17.4 Å². The zero-order valence-electron chi connectivity index (χ0n) is 11.1. The number of carbonyl (C=O) groups is 1. The average molecular weight is 287 g/mol. The van der Waals surface area contributed by atoms with Crippen LogP contribution in [0, 0.1) is 11.3 Å². The van der Waals surface area contributed by atoms with Crippen molar-refractivity contribution in [3.05, 3.63) is 46.2 Å². The van der Waals surface area contributed by atoms with Gasteiger partial charge in [-0.1, -0.05) is 12.1 Å². The Morgan fingerprint density at radius 2 is 1.85 bits per heavy atom. The lowest BCUT2D eigenvalue weighted by atomic mass is 9.95. The van der Waals surface area contributed by atoms with Crippen LogP contribution in [0.4, 0.5) is 0 Å². The summed E-state index contributed by atoms with van der Waals surface area (Å²) in [5.41, 5.74) is 0.658. The van der Waals surface area contributed by atoms with Crippen molar-refractivity contribution in [1.82, 2.24) is 0 Å². The first-order valence-corrected chi connectivity index (χ1v) is 6.78. The van der Waals surface area contributed by atoms with E-state index in [9.17, 15) is 10.1 Å². The molecule has 0 amide bonds. The Kier molecular flexibility index (Phi) is 4.38. The number of nitriles is 1. The van der Waals surface area contributed by atoms with Crippen LogP contribution in [0.1, 0.15) is 21.2 Å². The van der Waals surface area contributed by atoms with Crippen molar-refractivity contribution in [3.8, 4) is 17.6 Å². The van der Waals surface area contributed by atoms with Crippen LogP contribution in [0.5, 0.6) is 11.5 Å². The van der Waals surface area contributed by atoms with E-state index in [0.29, 0.717) is 21.9 Å². The first-order valence-electron chi connectivity index (χ1n) is 5.90. The van der Waals surface area contributed by atoms with Crippen molar-refractivity contribution in [2.45, 2.75) is 5.92 Å². The van der Waals surface area contributed by atoms with Gasteiger partial charge in [0, 0.05) is 11.4 Å². The molecule has 1 aromatic heterocycles. The molecule has 4 nitrogen and oxygen atoms in total. The van der Waals surface area contributed by atoms with Gasteiger partial charge in [-0.3, -0.25) is 4.79 Å². The number of rotatable bonds is 5. The summed E-state index contributed by atoms with van der Waals surface area (Å²) in [4.78, 5) is 12.9. The number of ether oxygens (including phenoxy) is 2. The molecule has 1 aromatic carbocycles. The van der Waals surface area contributed by atoms with Gasteiger partial charge >= 0.3 is 0 Å². The fraction of sp³-hybridized carbons (Fsp3) is 0.200. The van der Waals surface area contributed by atoms with Crippen LogP contribution >= 0.6 is 11.3 Å². The van der Waals surface area contributed by atoms with Crippen molar-refractivity contribution >= 4 is 17.1 Å². The highest BCUT2D eigenvalue weighted by Crippen LogP contribution is 2.28. The molecular formula is C15H13NO3S. The van der Waals surface area contributed by atoms with E-state index >= 15 is 0 Å². The lowest BCUT2D eigenvalue weighted by Crippen LogP contribution is -2.09. The molecular weight excluding hydrogens is 274 g/mol. The number of methoxy groups -OCH3 is 2. The fourth-order valence-corrected chi connectivity index (χ4v) is 2.60. The molecule has 0 aliphatic heterocycles. The second kappa shape index (κ2) is 6.22. The minimum absolute atomic E-state index is 0.217. The molecule has 0 aliphatic rings. The zero-order valence-corrected chi connectivity index (χ0v) is 11.9. The van der Waals surface area contributed by atoms with Gasteiger partial charge in [-0.2, -0.15) is 5.26 Å². The lowest BCUT2D eigenvalue weighted by molar-refractivity contribution is 0.0982. The highest BCUT2D eigenvalue weighted by atomic mass is 32.1. The molecule has 102 valence electrons. The van der Waals surface area contributed by atoms with Gasteiger partial charge in [0.2, 0.25) is 0 Å². The number of carbonyl (C=O) groups excluding carboxylic acids is 1. The third-order valence-corrected chi connectivity index (χ3v) is 3.82. The fourth-order valence-electron chi connectivity index (χ4n) is 1.78. The standard InChI is InChI=1S/C15H13NO3S/c1-18-11-5-3-10(4-6-11)13(8-16)15(17)14-7-12(19-2)9-20-14/h3-7,9,13H,1-2H3. The minimum atomic E-state index is -0.815. The number of ketones is 1. The van der Waals surface area contributed by atoms with Crippen molar-refractivity contribution in [2.24, 2.45) is 0 Å². The third kappa shape index (κ3) is 2.81.